The second-order valence-corrected chi connectivity index (χ2v) is 8.84. The molecule has 2 aromatic rings. The van der Waals surface area contributed by atoms with E-state index in [0.29, 0.717) is 18.0 Å². The lowest BCUT2D eigenvalue weighted by Gasteiger charge is -2.39. The van der Waals surface area contributed by atoms with E-state index in [1.165, 1.54) is 32.0 Å². The molecule has 0 bridgehead atoms. The molecule has 1 aliphatic heterocycles. The SMILES string of the molecule is COc1ccc(S(=O)(=O)NC[C@H](C)N2CCN(c3ccccc3)CC2)cc1OC. The fourth-order valence-electron chi connectivity index (χ4n) is 3.49. The number of piperazine rings is 1. The van der Waals surface area contributed by atoms with Gasteiger partial charge in [0.15, 0.2) is 11.5 Å². The van der Waals surface area contributed by atoms with Crippen LogP contribution in [-0.2, 0) is 10.0 Å². The van der Waals surface area contributed by atoms with Crippen molar-refractivity contribution in [3.8, 4) is 11.5 Å². The van der Waals surface area contributed by atoms with E-state index in [-0.39, 0.29) is 10.9 Å². The lowest BCUT2D eigenvalue weighted by atomic mass is 10.2. The summed E-state index contributed by atoms with van der Waals surface area (Å²) in [5.74, 6) is 0.886. The summed E-state index contributed by atoms with van der Waals surface area (Å²) in [6, 6.07) is 15.1. The van der Waals surface area contributed by atoms with Gasteiger partial charge in [-0.15, -0.1) is 0 Å². The standard InChI is InChI=1S/C21H29N3O4S/c1-17(23-11-13-24(14-12-23)18-7-5-4-6-8-18)16-22-29(25,26)19-9-10-20(27-2)21(15-19)28-3/h4-10,15,17,22H,11-14,16H2,1-3H3/t17-/m0/s1. The zero-order valence-corrected chi connectivity index (χ0v) is 18.0. The van der Waals surface area contributed by atoms with Crippen molar-refractivity contribution in [2.45, 2.75) is 17.9 Å². The van der Waals surface area contributed by atoms with Crippen LogP contribution in [0.25, 0.3) is 0 Å². The summed E-state index contributed by atoms with van der Waals surface area (Å²) in [6.07, 6.45) is 0. The number of hydrogen-bond acceptors (Lipinski definition) is 6. The van der Waals surface area contributed by atoms with Crippen LogP contribution in [-0.4, -0.2) is 66.3 Å². The molecule has 0 amide bonds. The summed E-state index contributed by atoms with van der Waals surface area (Å²) in [6.45, 7) is 6.05. The molecule has 1 saturated heterocycles. The maximum Gasteiger partial charge on any atom is 0.240 e. The van der Waals surface area contributed by atoms with Crippen molar-refractivity contribution in [1.82, 2.24) is 9.62 Å². The number of ether oxygens (including phenoxy) is 2. The van der Waals surface area contributed by atoms with Gasteiger partial charge >= 0.3 is 0 Å². The number of sulfonamides is 1. The Kier molecular flexibility index (Phi) is 7.00. The minimum absolute atomic E-state index is 0.0999. The molecule has 0 spiro atoms. The Morgan fingerprint density at radius 2 is 1.62 bits per heavy atom. The summed E-state index contributed by atoms with van der Waals surface area (Å²) < 4.78 is 38.5. The Morgan fingerprint density at radius 1 is 0.966 bits per heavy atom. The van der Waals surface area contributed by atoms with Gasteiger partial charge in [-0.25, -0.2) is 13.1 Å². The van der Waals surface area contributed by atoms with Gasteiger partial charge in [0.05, 0.1) is 19.1 Å². The molecule has 29 heavy (non-hydrogen) atoms. The van der Waals surface area contributed by atoms with Crippen LogP contribution in [0.15, 0.2) is 53.4 Å². The molecule has 0 aliphatic carbocycles. The summed E-state index contributed by atoms with van der Waals surface area (Å²) in [7, 11) is -0.626. The summed E-state index contributed by atoms with van der Waals surface area (Å²) in [5.41, 5.74) is 1.23. The number of para-hydroxylation sites is 1. The summed E-state index contributed by atoms with van der Waals surface area (Å²) in [4.78, 5) is 4.84. The molecule has 1 fully saturated rings. The third-order valence-corrected chi connectivity index (χ3v) is 6.71. The fraction of sp³-hybridized carbons (Fsp3) is 0.429. The Morgan fingerprint density at radius 3 is 2.24 bits per heavy atom. The van der Waals surface area contributed by atoms with Crippen molar-refractivity contribution >= 4 is 15.7 Å². The topological polar surface area (TPSA) is 71.1 Å². The molecule has 8 heteroatoms. The highest BCUT2D eigenvalue weighted by Crippen LogP contribution is 2.29. The van der Waals surface area contributed by atoms with E-state index in [9.17, 15) is 8.42 Å². The van der Waals surface area contributed by atoms with Gasteiger partial charge in [0, 0.05) is 50.5 Å². The van der Waals surface area contributed by atoms with E-state index in [4.69, 9.17) is 9.47 Å². The predicted molar refractivity (Wildman–Crippen MR) is 114 cm³/mol. The van der Waals surface area contributed by atoms with Gasteiger partial charge in [-0.2, -0.15) is 0 Å². The van der Waals surface area contributed by atoms with Crippen LogP contribution in [0.3, 0.4) is 0 Å². The monoisotopic (exact) mass is 419 g/mol. The van der Waals surface area contributed by atoms with E-state index in [2.05, 4.69) is 33.6 Å². The highest BCUT2D eigenvalue weighted by atomic mass is 32.2. The minimum atomic E-state index is -3.63. The molecule has 158 valence electrons. The number of benzene rings is 2. The van der Waals surface area contributed by atoms with Crippen LogP contribution in [0.5, 0.6) is 11.5 Å². The second kappa shape index (κ2) is 9.47. The average Bonchev–Trinajstić information content (AvgIpc) is 2.77. The maximum atomic E-state index is 12.7. The summed E-state index contributed by atoms with van der Waals surface area (Å²) in [5, 5.41) is 0. The quantitative estimate of drug-likeness (QED) is 0.707. The first-order valence-corrected chi connectivity index (χ1v) is 11.2. The van der Waals surface area contributed by atoms with Gasteiger partial charge in [-0.3, -0.25) is 4.90 Å². The lowest BCUT2D eigenvalue weighted by molar-refractivity contribution is 0.198. The third kappa shape index (κ3) is 5.20. The number of methoxy groups -OCH3 is 2. The van der Waals surface area contributed by atoms with Crippen molar-refractivity contribution in [2.75, 3.05) is 51.8 Å². The van der Waals surface area contributed by atoms with E-state index in [0.717, 1.165) is 26.2 Å². The maximum absolute atomic E-state index is 12.7. The Hall–Kier alpha value is -2.29. The zero-order valence-electron chi connectivity index (χ0n) is 17.2. The molecule has 1 N–H and O–H groups in total. The molecule has 1 aliphatic rings. The molecule has 3 rings (SSSR count). The van der Waals surface area contributed by atoms with Crippen molar-refractivity contribution in [2.24, 2.45) is 0 Å². The zero-order chi connectivity index (χ0) is 20.9. The van der Waals surface area contributed by atoms with Gasteiger partial charge in [0.1, 0.15) is 0 Å². The van der Waals surface area contributed by atoms with Crippen LogP contribution in [0.2, 0.25) is 0 Å². The fourth-order valence-corrected chi connectivity index (χ4v) is 4.62. The molecule has 1 atom stereocenters. The first-order valence-electron chi connectivity index (χ1n) is 9.70. The van der Waals surface area contributed by atoms with Crippen LogP contribution >= 0.6 is 0 Å². The van der Waals surface area contributed by atoms with Gasteiger partial charge in [-0.1, -0.05) is 18.2 Å². The number of rotatable bonds is 8. The third-order valence-electron chi connectivity index (χ3n) is 5.29. The molecular weight excluding hydrogens is 390 g/mol. The molecule has 0 saturated carbocycles. The largest absolute Gasteiger partial charge is 0.493 e. The van der Waals surface area contributed by atoms with E-state index in [1.54, 1.807) is 6.07 Å². The number of hydrogen-bond donors (Lipinski definition) is 1. The highest BCUT2D eigenvalue weighted by Gasteiger charge is 2.23. The summed E-state index contributed by atoms with van der Waals surface area (Å²) >= 11 is 0. The Balaban J connectivity index is 1.55. The van der Waals surface area contributed by atoms with Crippen LogP contribution < -0.4 is 19.1 Å². The predicted octanol–water partition coefficient (Wildman–Crippen LogP) is 2.19. The Labute approximate surface area is 173 Å². The first kappa shape index (κ1) is 21.4. The van der Waals surface area contributed by atoms with E-state index >= 15 is 0 Å². The molecule has 7 nitrogen and oxygen atoms in total. The molecule has 0 aromatic heterocycles. The normalized spacial score (nSPS) is 16.4. The second-order valence-electron chi connectivity index (χ2n) is 7.08. The molecule has 1 heterocycles. The van der Waals surface area contributed by atoms with E-state index in [1.807, 2.05) is 18.2 Å². The van der Waals surface area contributed by atoms with Gasteiger partial charge in [-0.05, 0) is 31.2 Å². The molecular formula is C21H29N3O4S. The highest BCUT2D eigenvalue weighted by molar-refractivity contribution is 7.89. The van der Waals surface area contributed by atoms with Crippen molar-refractivity contribution < 1.29 is 17.9 Å². The molecule has 0 unspecified atom stereocenters. The van der Waals surface area contributed by atoms with Gasteiger partial charge in [0.2, 0.25) is 10.0 Å². The van der Waals surface area contributed by atoms with Gasteiger partial charge < -0.3 is 14.4 Å². The van der Waals surface area contributed by atoms with Crippen LogP contribution in [0.1, 0.15) is 6.92 Å². The Bertz CT molecular complexity index is 897. The molecule has 2 aromatic carbocycles. The number of nitrogens with zero attached hydrogens (tertiary/aromatic N) is 2. The van der Waals surface area contributed by atoms with Crippen molar-refractivity contribution in [1.29, 1.82) is 0 Å². The van der Waals surface area contributed by atoms with Crippen molar-refractivity contribution in [3.63, 3.8) is 0 Å². The first-order chi connectivity index (χ1) is 13.9. The number of nitrogens with one attached hydrogen (secondary N) is 1. The van der Waals surface area contributed by atoms with E-state index < -0.39 is 10.0 Å². The smallest absolute Gasteiger partial charge is 0.240 e. The number of anilines is 1. The van der Waals surface area contributed by atoms with Crippen LogP contribution in [0, 0.1) is 0 Å². The van der Waals surface area contributed by atoms with Gasteiger partial charge in [0.25, 0.3) is 0 Å². The van der Waals surface area contributed by atoms with Crippen LogP contribution in [0.4, 0.5) is 5.69 Å². The lowest BCUT2D eigenvalue weighted by Crippen LogP contribution is -2.52. The molecule has 0 radical (unpaired) electrons. The van der Waals surface area contributed by atoms with Crippen molar-refractivity contribution in [3.05, 3.63) is 48.5 Å². The minimum Gasteiger partial charge on any atom is -0.493 e. The average molecular weight is 420 g/mol.